The van der Waals surface area contributed by atoms with Crippen LogP contribution in [0.2, 0.25) is 58.9 Å². The normalized spacial score (nSPS) is 14.8. The maximum Gasteiger partial charge on any atom is 0.258 e. The monoisotopic (exact) mass is 390 g/mol. The first-order chi connectivity index (χ1) is 8.99. The average molecular weight is 391 g/mol. The first-order valence-corrected chi connectivity index (χ1v) is 20.2. The van der Waals surface area contributed by atoms with E-state index < -0.39 is 43.4 Å². The zero-order chi connectivity index (χ0) is 17.1. The Morgan fingerprint density at radius 1 is 0.762 bits per heavy atom. The molecule has 0 amide bonds. The summed E-state index contributed by atoms with van der Waals surface area (Å²) >= 11 is 0. The van der Waals surface area contributed by atoms with Gasteiger partial charge in [-0.1, -0.05) is 0 Å². The molecule has 0 atom stereocenters. The molecule has 0 saturated heterocycles. The summed E-state index contributed by atoms with van der Waals surface area (Å²) in [5, 5.41) is 0. The van der Waals surface area contributed by atoms with Crippen LogP contribution in [0.1, 0.15) is 0 Å². The molecule has 0 aromatic heterocycles. The Kier molecular flexibility index (Phi) is 7.99. The van der Waals surface area contributed by atoms with Crippen LogP contribution in [-0.4, -0.2) is 45.3 Å². The lowest BCUT2D eigenvalue weighted by molar-refractivity contribution is 0.476. The van der Waals surface area contributed by atoms with Crippen molar-refractivity contribution in [2.24, 2.45) is 0 Å². The van der Waals surface area contributed by atoms with Crippen LogP contribution in [0.3, 0.4) is 0 Å². The first-order valence-electron chi connectivity index (χ1n) is 7.08. The van der Waals surface area contributed by atoms with Gasteiger partial charge in [0.15, 0.2) is 25.0 Å². The van der Waals surface area contributed by atoms with Gasteiger partial charge in [0.1, 0.15) is 0 Å². The van der Waals surface area contributed by atoms with E-state index >= 15 is 0 Å². The second-order valence-electron chi connectivity index (χ2n) is 7.92. The van der Waals surface area contributed by atoms with Crippen LogP contribution < -0.4 is 0 Å². The van der Waals surface area contributed by atoms with Gasteiger partial charge in [-0.15, -0.1) is 0 Å². The highest BCUT2D eigenvalue weighted by Gasteiger charge is 2.30. The van der Waals surface area contributed by atoms with Gasteiger partial charge in [-0.05, 0) is 58.9 Å². The molecule has 0 aromatic rings. The van der Waals surface area contributed by atoms with Gasteiger partial charge in [-0.3, -0.25) is 0 Å². The van der Waals surface area contributed by atoms with E-state index in [0.717, 1.165) is 0 Å². The minimum Gasteiger partial charge on any atom is -0.376 e. The number of hydrogen-bond donors (Lipinski definition) is 0. The second kappa shape index (κ2) is 7.65. The van der Waals surface area contributed by atoms with Crippen LogP contribution in [-0.2, 0) is 22.4 Å². The van der Waals surface area contributed by atoms with Crippen molar-refractivity contribution >= 4 is 43.4 Å². The van der Waals surface area contributed by atoms with Crippen molar-refractivity contribution in [2.45, 2.75) is 58.9 Å². The quantitative estimate of drug-likeness (QED) is 0.436. The standard InChI is InChI=1S/C11H31O5PSSi3/c1-19(2,3)14-17(15-20(4,5)6)10-11-18(12,13)16-21(7,8)9/h10-11H2,1-9H3. The Labute approximate surface area is 135 Å². The Balaban J connectivity index is 4.76. The molecule has 0 N–H and O–H groups in total. The molecule has 128 valence electrons. The molecular formula is C11H31O5PSSi3. The zero-order valence-corrected chi connectivity index (χ0v) is 19.5. The fraction of sp³-hybridized carbons (Fsp3) is 1.00. The van der Waals surface area contributed by atoms with Crippen molar-refractivity contribution < 1.29 is 20.7 Å². The third-order valence-electron chi connectivity index (χ3n) is 1.65. The van der Waals surface area contributed by atoms with Crippen LogP contribution in [0.25, 0.3) is 0 Å². The van der Waals surface area contributed by atoms with Crippen LogP contribution in [0.15, 0.2) is 0 Å². The summed E-state index contributed by atoms with van der Waals surface area (Å²) in [4.78, 5) is 0. The van der Waals surface area contributed by atoms with Crippen LogP contribution in [0.4, 0.5) is 0 Å². The molecule has 5 nitrogen and oxygen atoms in total. The van der Waals surface area contributed by atoms with Crippen molar-refractivity contribution in [2.75, 3.05) is 11.9 Å². The highest BCUT2D eigenvalue weighted by molar-refractivity contribution is 7.88. The van der Waals surface area contributed by atoms with Gasteiger partial charge in [0.2, 0.25) is 8.32 Å². The van der Waals surface area contributed by atoms with E-state index in [0.29, 0.717) is 6.16 Å². The molecule has 0 rings (SSSR count). The van der Waals surface area contributed by atoms with Gasteiger partial charge in [0.05, 0.1) is 5.75 Å². The van der Waals surface area contributed by atoms with Crippen molar-refractivity contribution in [3.05, 3.63) is 0 Å². The lowest BCUT2D eigenvalue weighted by Crippen LogP contribution is -2.33. The average Bonchev–Trinajstić information content (AvgIpc) is 2.04. The van der Waals surface area contributed by atoms with Crippen molar-refractivity contribution in [1.29, 1.82) is 0 Å². The van der Waals surface area contributed by atoms with E-state index in [1.807, 2.05) is 19.6 Å². The lowest BCUT2D eigenvalue weighted by atomic mass is 11.0. The molecule has 0 bridgehead atoms. The van der Waals surface area contributed by atoms with Gasteiger partial charge in [0, 0.05) is 6.16 Å². The zero-order valence-electron chi connectivity index (χ0n) is 14.8. The third kappa shape index (κ3) is 14.2. The van der Waals surface area contributed by atoms with Crippen molar-refractivity contribution in [3.8, 4) is 0 Å². The highest BCUT2D eigenvalue weighted by atomic mass is 32.2. The molecule has 0 aromatic carbocycles. The largest absolute Gasteiger partial charge is 0.376 e. The lowest BCUT2D eigenvalue weighted by Gasteiger charge is -2.30. The van der Waals surface area contributed by atoms with E-state index in [1.165, 1.54) is 0 Å². The van der Waals surface area contributed by atoms with E-state index in [4.69, 9.17) is 12.3 Å². The van der Waals surface area contributed by atoms with Gasteiger partial charge in [-0.25, -0.2) is 8.42 Å². The molecule has 21 heavy (non-hydrogen) atoms. The van der Waals surface area contributed by atoms with E-state index in [2.05, 4.69) is 39.3 Å². The van der Waals surface area contributed by atoms with E-state index in [9.17, 15) is 8.42 Å². The van der Waals surface area contributed by atoms with Crippen LogP contribution in [0, 0.1) is 0 Å². The summed E-state index contributed by atoms with van der Waals surface area (Å²) in [6.07, 6.45) is 0.386. The number of rotatable bonds is 9. The molecule has 0 fully saturated rings. The Bertz CT molecular complexity index is 407. The predicted molar refractivity (Wildman–Crippen MR) is 98.9 cm³/mol. The van der Waals surface area contributed by atoms with Gasteiger partial charge in [-0.2, -0.15) is 0 Å². The minimum atomic E-state index is -3.50. The maximum atomic E-state index is 12.0. The highest BCUT2D eigenvalue weighted by Crippen LogP contribution is 2.44. The predicted octanol–water partition coefficient (Wildman–Crippen LogP) is 4.18. The SMILES string of the molecule is C[Si](C)(C)OP(CCS(=O)(=O)O[Si](C)(C)C)O[Si](C)(C)C. The molecule has 0 radical (unpaired) electrons. The Hall–Kier alpha value is 0.911. The Morgan fingerprint density at radius 3 is 1.43 bits per heavy atom. The van der Waals surface area contributed by atoms with E-state index in [1.54, 1.807) is 0 Å². The fourth-order valence-electron chi connectivity index (χ4n) is 1.33. The van der Waals surface area contributed by atoms with Crippen LogP contribution >= 0.6 is 8.38 Å². The summed E-state index contributed by atoms with van der Waals surface area (Å²) in [7, 11) is -10.3. The van der Waals surface area contributed by atoms with Crippen molar-refractivity contribution in [1.82, 2.24) is 0 Å². The minimum absolute atomic E-state index is 0.0298. The summed E-state index contributed by atoms with van der Waals surface area (Å²) in [5.41, 5.74) is 0. The summed E-state index contributed by atoms with van der Waals surface area (Å²) < 4.78 is 41.4. The second-order valence-corrected chi connectivity index (χ2v) is 25.4. The molecule has 0 aliphatic carbocycles. The molecular weight excluding hydrogens is 359 g/mol. The molecule has 0 aliphatic rings. The van der Waals surface area contributed by atoms with Crippen molar-refractivity contribution in [3.63, 3.8) is 0 Å². The molecule has 0 aliphatic heterocycles. The van der Waals surface area contributed by atoms with Gasteiger partial charge in [0.25, 0.3) is 10.1 Å². The number of hydrogen-bond acceptors (Lipinski definition) is 5. The summed E-state index contributed by atoms with van der Waals surface area (Å²) in [5.74, 6) is -0.0298. The summed E-state index contributed by atoms with van der Waals surface area (Å²) in [6, 6.07) is 0. The molecule has 0 heterocycles. The molecule has 0 unspecified atom stereocenters. The molecule has 0 saturated carbocycles. The van der Waals surface area contributed by atoms with Gasteiger partial charge < -0.3 is 12.3 Å². The maximum absolute atomic E-state index is 12.0. The topological polar surface area (TPSA) is 61.8 Å². The molecule has 0 spiro atoms. The van der Waals surface area contributed by atoms with E-state index in [-0.39, 0.29) is 5.75 Å². The first kappa shape index (κ1) is 21.9. The smallest absolute Gasteiger partial charge is 0.258 e. The van der Waals surface area contributed by atoms with Gasteiger partial charge >= 0.3 is 0 Å². The van der Waals surface area contributed by atoms with Crippen LogP contribution in [0.5, 0.6) is 0 Å². The summed E-state index contributed by atoms with van der Waals surface area (Å²) in [6.45, 7) is 18.1. The third-order valence-corrected chi connectivity index (χ3v) is 12.3. The fourth-order valence-corrected chi connectivity index (χ4v) is 12.3. The molecule has 10 heteroatoms. The Morgan fingerprint density at radius 2 is 1.14 bits per heavy atom.